The number of likely N-dealkylation sites (N-methyl/N-ethyl adjacent to an activating group) is 1. The summed E-state index contributed by atoms with van der Waals surface area (Å²) in [5.41, 5.74) is 7.33. The average Bonchev–Trinajstić information content (AvgIpc) is 3.13. The van der Waals surface area contributed by atoms with Crippen molar-refractivity contribution in [1.82, 2.24) is 4.90 Å². The average molecular weight is 234 g/mol. The van der Waals surface area contributed by atoms with Crippen molar-refractivity contribution in [2.45, 2.75) is 25.9 Å². The predicted octanol–water partition coefficient (Wildman–Crippen LogP) is 2.03. The molecular formula is C14H22N2O. The van der Waals surface area contributed by atoms with Gasteiger partial charge in [-0.15, -0.1) is 0 Å². The molecule has 3 N–H and O–H groups in total. The number of hydrogen-bond donors (Lipinski definition) is 2. The van der Waals surface area contributed by atoms with Crippen LogP contribution in [0.25, 0.3) is 0 Å². The molecule has 1 aliphatic rings. The van der Waals surface area contributed by atoms with Crippen LogP contribution in [0.2, 0.25) is 0 Å². The van der Waals surface area contributed by atoms with Crippen molar-refractivity contribution >= 4 is 5.69 Å². The van der Waals surface area contributed by atoms with Crippen LogP contribution in [0, 0.1) is 5.92 Å². The molecule has 0 radical (unpaired) electrons. The highest BCUT2D eigenvalue weighted by molar-refractivity contribution is 5.39. The zero-order valence-electron chi connectivity index (χ0n) is 10.5. The van der Waals surface area contributed by atoms with E-state index in [9.17, 15) is 5.11 Å². The monoisotopic (exact) mass is 234 g/mol. The Labute approximate surface area is 103 Å². The van der Waals surface area contributed by atoms with E-state index in [0.717, 1.165) is 36.8 Å². The Hall–Kier alpha value is -1.06. The van der Waals surface area contributed by atoms with E-state index in [-0.39, 0.29) is 0 Å². The molecule has 1 aromatic carbocycles. The van der Waals surface area contributed by atoms with Gasteiger partial charge in [0.15, 0.2) is 0 Å². The number of nitrogens with two attached hydrogens (primary N) is 1. The lowest BCUT2D eigenvalue weighted by molar-refractivity contribution is 0.113. The van der Waals surface area contributed by atoms with Gasteiger partial charge in [0, 0.05) is 18.8 Å². The highest BCUT2D eigenvalue weighted by Gasteiger charge is 2.24. The fourth-order valence-electron chi connectivity index (χ4n) is 2.07. The third kappa shape index (κ3) is 3.72. The fourth-order valence-corrected chi connectivity index (χ4v) is 2.07. The summed E-state index contributed by atoms with van der Waals surface area (Å²) in [6.45, 7) is 5.00. The van der Waals surface area contributed by atoms with Gasteiger partial charge in [0.2, 0.25) is 0 Å². The number of nitrogens with zero attached hydrogens (tertiary/aromatic N) is 1. The number of anilines is 1. The number of benzene rings is 1. The Bertz CT molecular complexity index is 346. The van der Waals surface area contributed by atoms with Crippen molar-refractivity contribution in [2.75, 3.05) is 25.4 Å². The van der Waals surface area contributed by atoms with Gasteiger partial charge in [-0.05, 0) is 43.0 Å². The van der Waals surface area contributed by atoms with Crippen LogP contribution in [-0.2, 0) is 0 Å². The fraction of sp³-hybridized carbons (Fsp3) is 0.571. The van der Waals surface area contributed by atoms with E-state index in [0.29, 0.717) is 0 Å². The summed E-state index contributed by atoms with van der Waals surface area (Å²) >= 11 is 0. The van der Waals surface area contributed by atoms with Crippen LogP contribution in [-0.4, -0.2) is 29.6 Å². The Morgan fingerprint density at radius 1 is 1.35 bits per heavy atom. The minimum absolute atomic E-state index is 0.408. The summed E-state index contributed by atoms with van der Waals surface area (Å²) < 4.78 is 0. The lowest BCUT2D eigenvalue weighted by Gasteiger charge is -2.23. The molecule has 1 aromatic rings. The molecule has 0 saturated heterocycles. The van der Waals surface area contributed by atoms with Gasteiger partial charge < -0.3 is 15.7 Å². The molecule has 2 rings (SSSR count). The zero-order valence-corrected chi connectivity index (χ0v) is 10.5. The summed E-state index contributed by atoms with van der Waals surface area (Å²) in [4.78, 5) is 2.33. The maximum Gasteiger partial charge on any atom is 0.0916 e. The molecular weight excluding hydrogens is 212 g/mol. The van der Waals surface area contributed by atoms with E-state index >= 15 is 0 Å². The molecule has 94 valence electrons. The molecule has 0 aromatic heterocycles. The lowest BCUT2D eigenvalue weighted by atomic mass is 10.1. The van der Waals surface area contributed by atoms with Crippen molar-refractivity contribution in [1.29, 1.82) is 0 Å². The second-order valence-corrected chi connectivity index (χ2v) is 4.98. The van der Waals surface area contributed by atoms with E-state index in [4.69, 9.17) is 5.73 Å². The highest BCUT2D eigenvalue weighted by Crippen LogP contribution is 2.30. The van der Waals surface area contributed by atoms with E-state index in [2.05, 4.69) is 11.8 Å². The summed E-state index contributed by atoms with van der Waals surface area (Å²) in [6.07, 6.45) is 2.30. The number of aliphatic hydroxyl groups is 1. The number of nitrogen functional groups attached to an aromatic ring is 1. The Kier molecular flexibility index (Phi) is 4.02. The first-order valence-electron chi connectivity index (χ1n) is 6.45. The van der Waals surface area contributed by atoms with Crippen molar-refractivity contribution in [2.24, 2.45) is 5.92 Å². The molecule has 17 heavy (non-hydrogen) atoms. The maximum atomic E-state index is 10.2. The van der Waals surface area contributed by atoms with Crippen LogP contribution < -0.4 is 5.73 Å². The van der Waals surface area contributed by atoms with Crippen molar-refractivity contribution in [3.63, 3.8) is 0 Å². The molecule has 1 fully saturated rings. The molecule has 0 bridgehead atoms. The van der Waals surface area contributed by atoms with Crippen LogP contribution in [0.1, 0.15) is 31.4 Å². The number of aliphatic hydroxyl groups excluding tert-OH is 1. The molecule has 1 unspecified atom stereocenters. The second-order valence-electron chi connectivity index (χ2n) is 4.98. The van der Waals surface area contributed by atoms with Gasteiger partial charge in [-0.3, -0.25) is 0 Å². The van der Waals surface area contributed by atoms with E-state index in [1.165, 1.54) is 12.8 Å². The molecule has 1 aliphatic carbocycles. The first kappa shape index (κ1) is 12.4. The van der Waals surface area contributed by atoms with Crippen LogP contribution in [0.3, 0.4) is 0 Å². The van der Waals surface area contributed by atoms with Gasteiger partial charge >= 0.3 is 0 Å². The number of hydrogen-bond acceptors (Lipinski definition) is 3. The number of rotatable bonds is 6. The molecule has 0 heterocycles. The zero-order chi connectivity index (χ0) is 12.3. The van der Waals surface area contributed by atoms with Crippen molar-refractivity contribution in [3.05, 3.63) is 29.8 Å². The van der Waals surface area contributed by atoms with Gasteiger partial charge in [0.1, 0.15) is 0 Å². The van der Waals surface area contributed by atoms with Gasteiger partial charge in [-0.25, -0.2) is 0 Å². The maximum absolute atomic E-state index is 10.2. The molecule has 1 atom stereocenters. The minimum Gasteiger partial charge on any atom is -0.399 e. The van der Waals surface area contributed by atoms with E-state index in [1.807, 2.05) is 24.3 Å². The third-order valence-corrected chi connectivity index (χ3v) is 3.41. The van der Waals surface area contributed by atoms with Gasteiger partial charge in [0.05, 0.1) is 6.10 Å². The largest absolute Gasteiger partial charge is 0.399 e. The topological polar surface area (TPSA) is 49.5 Å². The minimum atomic E-state index is -0.408. The summed E-state index contributed by atoms with van der Waals surface area (Å²) in [5.74, 6) is 0.869. The first-order valence-corrected chi connectivity index (χ1v) is 6.45. The van der Waals surface area contributed by atoms with Gasteiger partial charge in [0.25, 0.3) is 0 Å². The van der Waals surface area contributed by atoms with Gasteiger partial charge in [-0.2, -0.15) is 0 Å². The van der Waals surface area contributed by atoms with E-state index in [1.54, 1.807) is 0 Å². The summed E-state index contributed by atoms with van der Waals surface area (Å²) in [7, 11) is 0. The van der Waals surface area contributed by atoms with Gasteiger partial charge in [-0.1, -0.05) is 19.1 Å². The summed E-state index contributed by atoms with van der Waals surface area (Å²) in [5, 5.41) is 10.2. The molecule has 1 saturated carbocycles. The Balaban J connectivity index is 1.89. The van der Waals surface area contributed by atoms with Crippen molar-refractivity contribution < 1.29 is 5.11 Å². The lowest BCUT2D eigenvalue weighted by Crippen LogP contribution is -2.30. The predicted molar refractivity (Wildman–Crippen MR) is 70.7 cm³/mol. The highest BCUT2D eigenvalue weighted by atomic mass is 16.3. The SMILES string of the molecule is CCN(CC1CC1)CC(O)c1ccc(N)cc1. The Morgan fingerprint density at radius 2 is 2.00 bits per heavy atom. The van der Waals surface area contributed by atoms with Crippen LogP contribution in [0.5, 0.6) is 0 Å². The quantitative estimate of drug-likeness (QED) is 0.740. The van der Waals surface area contributed by atoms with Crippen LogP contribution >= 0.6 is 0 Å². The standard InChI is InChI=1S/C14H22N2O/c1-2-16(9-11-3-4-11)10-14(17)12-5-7-13(15)8-6-12/h5-8,11,14,17H,2-4,9-10,15H2,1H3. The Morgan fingerprint density at radius 3 is 2.53 bits per heavy atom. The molecule has 3 nitrogen and oxygen atoms in total. The van der Waals surface area contributed by atoms with E-state index < -0.39 is 6.10 Å². The first-order chi connectivity index (χ1) is 8.19. The van der Waals surface area contributed by atoms with Crippen LogP contribution in [0.15, 0.2) is 24.3 Å². The normalized spacial score (nSPS) is 17.4. The molecule has 0 amide bonds. The van der Waals surface area contributed by atoms with Crippen molar-refractivity contribution in [3.8, 4) is 0 Å². The summed E-state index contributed by atoms with van der Waals surface area (Å²) in [6, 6.07) is 7.50. The molecule has 3 heteroatoms. The smallest absolute Gasteiger partial charge is 0.0916 e. The molecule has 0 spiro atoms. The van der Waals surface area contributed by atoms with Crippen LogP contribution in [0.4, 0.5) is 5.69 Å². The second kappa shape index (κ2) is 5.52. The molecule has 0 aliphatic heterocycles. The third-order valence-electron chi connectivity index (χ3n) is 3.41.